The minimum Gasteiger partial charge on any atom is -0.792 e. The fraction of sp³-hybridized carbons (Fsp3) is 0.800. The van der Waals surface area contributed by atoms with Crippen LogP contribution in [0.2, 0.25) is 0 Å². The van der Waals surface area contributed by atoms with Crippen molar-refractivity contribution >= 4 is 50.5 Å². The smallest absolute Gasteiger partial charge is 0.429 e. The van der Waals surface area contributed by atoms with E-state index in [2.05, 4.69) is 50.5 Å². The van der Waals surface area contributed by atoms with Gasteiger partial charge in [-0.15, -0.1) is 10.5 Å². The van der Waals surface area contributed by atoms with Gasteiger partial charge in [0.1, 0.15) is 0 Å². The van der Waals surface area contributed by atoms with Gasteiger partial charge in [-0.2, -0.15) is 52.7 Å². The van der Waals surface area contributed by atoms with Gasteiger partial charge in [-0.1, -0.05) is 0 Å². The van der Waals surface area contributed by atoms with Crippen molar-refractivity contribution in [1.29, 1.82) is 0 Å². The topological polar surface area (TPSA) is 0 Å². The quantitative estimate of drug-likeness (QED) is 0.266. The van der Waals surface area contributed by atoms with Gasteiger partial charge < -0.3 is 50.5 Å². The molecule has 0 aromatic rings. The van der Waals surface area contributed by atoms with E-state index in [0.717, 1.165) is 0 Å². The maximum atomic E-state index is 12.7. The van der Waals surface area contributed by atoms with E-state index in [1.54, 1.807) is 0 Å². The van der Waals surface area contributed by atoms with Gasteiger partial charge in [-0.05, 0) is 0 Å². The Balaban J connectivity index is -0.000000451. The molecule has 180 valence electrons. The molecule has 0 aromatic carbocycles. The molecule has 0 aliphatic carbocycles. The molecule has 19 heteroatoms. The third kappa shape index (κ3) is 7.48. The summed E-state index contributed by atoms with van der Waals surface area (Å²) in [7, 11) is 0. The summed E-state index contributed by atoms with van der Waals surface area (Å²) in [6, 6.07) is 0. The molecule has 0 fully saturated rings. The zero-order valence-corrected chi connectivity index (χ0v) is 16.8. The molecule has 0 aliphatic rings. The van der Waals surface area contributed by atoms with Crippen LogP contribution in [0.15, 0.2) is 0 Å². The van der Waals surface area contributed by atoms with Crippen LogP contribution < -0.4 is 0 Å². The fourth-order valence-corrected chi connectivity index (χ4v) is 2.06. The standard InChI is InChI=1S/2C5H3F7S2.Ni/c2*6-3(2(14)1-13,4(7,8)9)5(10,11)12;/h2*1-2H,(H-,13,14);/q2*-1;/p-2. The van der Waals surface area contributed by atoms with Crippen LogP contribution in [-0.4, -0.2) is 46.5 Å². The van der Waals surface area contributed by atoms with Crippen LogP contribution in [0.3, 0.4) is 0 Å². The predicted octanol–water partition coefficient (Wildman–Crippen LogP) is 4.88. The molecule has 0 aromatic heterocycles. The molecule has 2 unspecified atom stereocenters. The van der Waals surface area contributed by atoms with Crippen molar-refractivity contribution in [2.45, 2.75) is 46.5 Å². The molecule has 0 saturated carbocycles. The Kier molecular flexibility index (Phi) is 13.3. The van der Waals surface area contributed by atoms with Gasteiger partial charge in [0.15, 0.2) is 0 Å². The van der Waals surface area contributed by atoms with Crippen molar-refractivity contribution in [3.63, 3.8) is 0 Å². The second kappa shape index (κ2) is 11.2. The first-order chi connectivity index (χ1) is 12.0. The third-order valence-electron chi connectivity index (χ3n) is 2.68. The Hall–Kier alpha value is 0.914. The van der Waals surface area contributed by atoms with Gasteiger partial charge in [-0.3, -0.25) is 0 Å². The molecule has 0 aliphatic heterocycles. The molecule has 0 nitrogen and oxygen atoms in total. The first-order valence-electron chi connectivity index (χ1n) is 5.83. The van der Waals surface area contributed by atoms with Crippen LogP contribution in [-0.2, 0) is 67.0 Å². The zero-order chi connectivity index (χ0) is 23.6. The summed E-state index contributed by atoms with van der Waals surface area (Å²) in [6.45, 7) is 0. The van der Waals surface area contributed by atoms with E-state index in [1.165, 1.54) is 0 Å². The van der Waals surface area contributed by atoms with Crippen molar-refractivity contribution in [1.82, 2.24) is 0 Å². The summed E-state index contributed by atoms with van der Waals surface area (Å²) in [5.41, 5.74) is -10.9. The maximum absolute atomic E-state index is 12.7. The molecule has 0 spiro atoms. The first-order valence-corrected chi connectivity index (χ1v) is 7.72. The number of alkyl halides is 14. The number of halogens is 14. The Morgan fingerprint density at radius 3 is 0.621 bits per heavy atom. The second-order valence-electron chi connectivity index (χ2n) is 4.53. The first kappa shape index (κ1) is 34.5. The SMILES string of the molecule is FC(F)(F)C(F)(C([S-])[CH][S-])C(F)(F)F.FC(F)(F)C(F)(C([S-])[CH][S-])C(F)(F)F.[Ni]. The van der Waals surface area contributed by atoms with Crippen LogP contribution in [0.25, 0.3) is 0 Å². The average molecular weight is 577 g/mol. The number of rotatable bonds is 4. The van der Waals surface area contributed by atoms with Gasteiger partial charge in [0, 0.05) is 16.5 Å². The Morgan fingerprint density at radius 1 is 0.448 bits per heavy atom. The van der Waals surface area contributed by atoms with E-state index in [9.17, 15) is 61.5 Å². The summed E-state index contributed by atoms with van der Waals surface area (Å²) < 4.78 is 167. The van der Waals surface area contributed by atoms with E-state index >= 15 is 0 Å². The number of hydrogen-bond acceptors (Lipinski definition) is 4. The van der Waals surface area contributed by atoms with Crippen molar-refractivity contribution in [2.24, 2.45) is 0 Å². The summed E-state index contributed by atoms with van der Waals surface area (Å²) in [5.74, 6) is -0.146. The molecule has 0 saturated heterocycles. The third-order valence-corrected chi connectivity index (χ3v) is 4.49. The van der Waals surface area contributed by atoms with Crippen molar-refractivity contribution in [2.75, 3.05) is 0 Å². The van der Waals surface area contributed by atoms with Crippen LogP contribution >= 0.6 is 0 Å². The summed E-state index contributed by atoms with van der Waals surface area (Å²) in [5, 5.41) is -5.75. The molecule has 2 atom stereocenters. The van der Waals surface area contributed by atoms with Gasteiger partial charge in [-0.25, -0.2) is 20.3 Å². The molecule has 0 heterocycles. The predicted molar refractivity (Wildman–Crippen MR) is 77.5 cm³/mol. The molecule has 0 bridgehead atoms. The van der Waals surface area contributed by atoms with E-state index in [0.29, 0.717) is 0 Å². The van der Waals surface area contributed by atoms with E-state index in [1.807, 2.05) is 0 Å². The van der Waals surface area contributed by atoms with Crippen LogP contribution in [0, 0.1) is 11.5 Å². The van der Waals surface area contributed by atoms with Gasteiger partial charge in [0.25, 0.3) is 11.3 Å². The molecular formula is C10H4F14NiS4-4. The van der Waals surface area contributed by atoms with Crippen LogP contribution in [0.1, 0.15) is 0 Å². The van der Waals surface area contributed by atoms with Gasteiger partial charge >= 0.3 is 24.7 Å². The Morgan fingerprint density at radius 2 is 0.586 bits per heavy atom. The minimum absolute atomic E-state index is 0. The molecular weight excluding hydrogens is 573 g/mol. The minimum atomic E-state index is -6.13. The van der Waals surface area contributed by atoms with Crippen molar-refractivity contribution in [3.8, 4) is 0 Å². The van der Waals surface area contributed by atoms with E-state index in [4.69, 9.17) is 0 Å². The second-order valence-corrected chi connectivity index (χ2v) is 6.09. The summed E-state index contributed by atoms with van der Waals surface area (Å²) in [4.78, 5) is 0. The molecule has 0 rings (SSSR count). The largest absolute Gasteiger partial charge is 0.792 e. The summed E-state index contributed by atoms with van der Waals surface area (Å²) in [6.07, 6.45) is -24.5. The Labute approximate surface area is 186 Å². The monoisotopic (exact) mass is 576 g/mol. The van der Waals surface area contributed by atoms with Gasteiger partial charge in [0.2, 0.25) is 0 Å². The molecule has 2 radical (unpaired) electrons. The Bertz CT molecular complexity index is 413. The van der Waals surface area contributed by atoms with Crippen LogP contribution in [0.5, 0.6) is 0 Å². The van der Waals surface area contributed by atoms with E-state index in [-0.39, 0.29) is 28.0 Å². The maximum Gasteiger partial charge on any atom is 0.429 e. The van der Waals surface area contributed by atoms with E-state index < -0.39 is 46.5 Å². The fourth-order valence-electron chi connectivity index (χ4n) is 1.15. The van der Waals surface area contributed by atoms with Gasteiger partial charge in [0.05, 0.1) is 0 Å². The van der Waals surface area contributed by atoms with Crippen molar-refractivity contribution < 1.29 is 78.0 Å². The number of hydrogen-bond donors (Lipinski definition) is 0. The average Bonchev–Trinajstić information content (AvgIpc) is 2.47. The van der Waals surface area contributed by atoms with Crippen LogP contribution in [0.4, 0.5) is 61.5 Å². The molecule has 0 N–H and O–H groups in total. The normalized spacial score (nSPS) is 16.3. The van der Waals surface area contributed by atoms with Crippen molar-refractivity contribution in [3.05, 3.63) is 11.5 Å². The summed E-state index contributed by atoms with van der Waals surface area (Å²) >= 11 is 15.0. The zero-order valence-electron chi connectivity index (χ0n) is 12.6. The molecule has 29 heavy (non-hydrogen) atoms. The molecule has 0 amide bonds.